The lowest BCUT2D eigenvalue weighted by molar-refractivity contribution is -0.422. The highest BCUT2D eigenvalue weighted by atomic mass is 19.4. The van der Waals surface area contributed by atoms with Gasteiger partial charge in [-0.2, -0.15) is 31.6 Å². The molecule has 0 aromatic heterocycles. The molecular formula is C26H29F6N5O4. The van der Waals surface area contributed by atoms with E-state index in [4.69, 9.17) is 10.00 Å². The van der Waals surface area contributed by atoms with Gasteiger partial charge in [0.2, 0.25) is 5.91 Å². The monoisotopic (exact) mass is 589 g/mol. The number of hydrogen-bond acceptors (Lipinski definition) is 7. The molecule has 15 heteroatoms. The average Bonchev–Trinajstić information content (AvgIpc) is 2.94. The number of halogens is 6. The maximum absolute atomic E-state index is 13.4. The largest absolute Gasteiger partial charge is 0.419 e. The molecule has 1 amide bonds. The van der Waals surface area contributed by atoms with Crippen LogP contribution >= 0.6 is 0 Å². The molecular weight excluding hydrogens is 560 g/mol. The molecule has 0 spiro atoms. The van der Waals surface area contributed by atoms with Crippen molar-refractivity contribution in [3.05, 3.63) is 57.0 Å². The Morgan fingerprint density at radius 3 is 2.29 bits per heavy atom. The molecule has 2 aliphatic heterocycles. The molecule has 41 heavy (non-hydrogen) atoms. The Balaban J connectivity index is 1.21. The Labute approximate surface area is 232 Å². The summed E-state index contributed by atoms with van der Waals surface area (Å²) in [5.74, 6) is -1.50. The Morgan fingerprint density at radius 1 is 1.07 bits per heavy atom. The number of carbonyl (C=O) groups excluding carboxylic acids is 1. The summed E-state index contributed by atoms with van der Waals surface area (Å²) < 4.78 is 85.9. The van der Waals surface area contributed by atoms with Gasteiger partial charge < -0.3 is 14.5 Å². The molecule has 9 nitrogen and oxygen atoms in total. The zero-order valence-electron chi connectivity index (χ0n) is 22.0. The highest BCUT2D eigenvalue weighted by Gasteiger charge is 2.44. The van der Waals surface area contributed by atoms with Crippen molar-refractivity contribution in [1.29, 1.82) is 5.26 Å². The summed E-state index contributed by atoms with van der Waals surface area (Å²) in [6.45, 7) is 1.87. The van der Waals surface area contributed by atoms with E-state index in [-0.39, 0.29) is 25.0 Å². The van der Waals surface area contributed by atoms with E-state index >= 15 is 0 Å². The van der Waals surface area contributed by atoms with Crippen molar-refractivity contribution in [2.75, 3.05) is 45.9 Å². The van der Waals surface area contributed by atoms with E-state index in [1.54, 1.807) is 21.9 Å². The first kappa shape index (κ1) is 30.6. The normalized spacial score (nSPS) is 25.1. The van der Waals surface area contributed by atoms with Gasteiger partial charge in [0.25, 0.3) is 5.70 Å². The molecule has 2 aliphatic carbocycles. The highest BCUT2D eigenvalue weighted by molar-refractivity contribution is 5.77. The molecule has 2 heterocycles. The number of nitriles is 1. The van der Waals surface area contributed by atoms with Gasteiger partial charge in [-0.15, -0.1) is 0 Å². The average molecular weight is 590 g/mol. The third-order valence-electron chi connectivity index (χ3n) is 7.85. The summed E-state index contributed by atoms with van der Waals surface area (Å²) in [7, 11) is 0. The van der Waals surface area contributed by atoms with Crippen LogP contribution in [0.4, 0.5) is 26.3 Å². The van der Waals surface area contributed by atoms with Crippen LogP contribution in [0.25, 0.3) is 0 Å². The van der Waals surface area contributed by atoms with Crippen LogP contribution < -0.4 is 0 Å². The number of likely N-dealkylation sites (tertiary alicyclic amines) is 1. The zero-order valence-corrected chi connectivity index (χ0v) is 22.0. The Hall–Kier alpha value is -3.38. The first-order chi connectivity index (χ1) is 19.3. The Morgan fingerprint density at radius 2 is 1.73 bits per heavy atom. The topological polar surface area (TPSA) is 103 Å². The Kier molecular flexibility index (Phi) is 9.13. The van der Waals surface area contributed by atoms with Gasteiger partial charge in [0.1, 0.15) is 12.2 Å². The second kappa shape index (κ2) is 12.2. The van der Waals surface area contributed by atoms with Crippen molar-refractivity contribution in [3.8, 4) is 6.07 Å². The van der Waals surface area contributed by atoms with Crippen LogP contribution in [0, 0.1) is 27.4 Å². The van der Waals surface area contributed by atoms with Crippen LogP contribution in [0.15, 0.2) is 46.8 Å². The Bertz CT molecular complexity index is 1190. The molecule has 4 aliphatic rings. The zero-order chi connectivity index (χ0) is 29.9. The van der Waals surface area contributed by atoms with Gasteiger partial charge in [0, 0.05) is 63.5 Å². The van der Waals surface area contributed by atoms with Gasteiger partial charge in [-0.05, 0) is 25.3 Å². The second-order valence-electron chi connectivity index (χ2n) is 10.3. The lowest BCUT2D eigenvalue weighted by Crippen LogP contribution is -2.50. The smallest absolute Gasteiger partial charge is 0.368 e. The van der Waals surface area contributed by atoms with Crippen molar-refractivity contribution in [2.45, 2.75) is 50.2 Å². The summed E-state index contributed by atoms with van der Waals surface area (Å²) in [5, 5.41) is 20.1. The fraction of sp³-hybridized carbons (Fsp3) is 0.615. The van der Waals surface area contributed by atoms with E-state index in [1.807, 2.05) is 4.90 Å². The molecule has 4 rings (SSSR count). The first-order valence-corrected chi connectivity index (χ1v) is 13.2. The molecule has 0 N–H and O–H groups in total. The molecule has 2 fully saturated rings. The maximum Gasteiger partial charge on any atom is 0.419 e. The molecule has 2 unspecified atom stereocenters. The van der Waals surface area contributed by atoms with Crippen molar-refractivity contribution >= 4 is 5.91 Å². The van der Waals surface area contributed by atoms with E-state index in [1.165, 1.54) is 6.08 Å². The molecule has 0 saturated carbocycles. The highest BCUT2D eigenvalue weighted by Crippen LogP contribution is 2.38. The van der Waals surface area contributed by atoms with Gasteiger partial charge in [-0.1, -0.05) is 12.2 Å². The second-order valence-corrected chi connectivity index (χ2v) is 10.3. The molecule has 2 atom stereocenters. The van der Waals surface area contributed by atoms with Crippen LogP contribution in [0.2, 0.25) is 0 Å². The SMILES string of the molecule is N#CC1CC=C(N2CCN(C(=O)COC3CCN(C4C=CC([N+](=O)[O-])=C(C(F)(F)F)C4)CC3)CC2)C=C1C(F)(F)F. The first-order valence-electron chi connectivity index (χ1n) is 13.2. The minimum Gasteiger partial charge on any atom is -0.368 e. The summed E-state index contributed by atoms with van der Waals surface area (Å²) >= 11 is 0. The minimum atomic E-state index is -4.80. The molecule has 224 valence electrons. The summed E-state index contributed by atoms with van der Waals surface area (Å²) in [4.78, 5) is 27.8. The number of rotatable bonds is 6. The van der Waals surface area contributed by atoms with Crippen LogP contribution in [0.5, 0.6) is 0 Å². The van der Waals surface area contributed by atoms with Gasteiger partial charge in [-0.25, -0.2) is 0 Å². The number of carbonyl (C=O) groups is 1. The fourth-order valence-electron chi connectivity index (χ4n) is 5.54. The molecule has 0 aromatic rings. The quantitative estimate of drug-likeness (QED) is 0.263. The van der Waals surface area contributed by atoms with Crippen molar-refractivity contribution < 1.29 is 40.8 Å². The predicted octanol–water partition coefficient (Wildman–Crippen LogP) is 3.95. The van der Waals surface area contributed by atoms with E-state index in [0.29, 0.717) is 57.8 Å². The van der Waals surface area contributed by atoms with Crippen molar-refractivity contribution in [1.82, 2.24) is 14.7 Å². The van der Waals surface area contributed by atoms with Gasteiger partial charge in [0.05, 0.1) is 28.6 Å². The van der Waals surface area contributed by atoms with E-state index in [9.17, 15) is 41.3 Å². The van der Waals surface area contributed by atoms with Crippen LogP contribution in [-0.2, 0) is 9.53 Å². The molecule has 0 radical (unpaired) electrons. The molecule has 0 aromatic carbocycles. The van der Waals surface area contributed by atoms with Crippen molar-refractivity contribution in [3.63, 3.8) is 0 Å². The van der Waals surface area contributed by atoms with Gasteiger partial charge in [-0.3, -0.25) is 19.8 Å². The standard InChI is InChI=1S/C26H29F6N5O4/c27-25(28,29)21-13-18(2-1-17(21)15-33)35-9-11-36(12-10-35)24(38)16-41-20-5-7-34(8-6-20)19-3-4-23(37(39)40)22(14-19)26(30,31)32/h2-4,13,17,19-20H,1,5-12,14,16H2. The summed E-state index contributed by atoms with van der Waals surface area (Å²) in [6.07, 6.45) is -4.29. The predicted molar refractivity (Wildman–Crippen MR) is 132 cm³/mol. The van der Waals surface area contributed by atoms with E-state index in [2.05, 4.69) is 0 Å². The van der Waals surface area contributed by atoms with E-state index < -0.39 is 52.5 Å². The van der Waals surface area contributed by atoms with E-state index in [0.717, 1.165) is 12.2 Å². The van der Waals surface area contributed by atoms with Crippen molar-refractivity contribution in [2.24, 2.45) is 5.92 Å². The summed E-state index contributed by atoms with van der Waals surface area (Å²) in [5.41, 5.74) is -2.56. The van der Waals surface area contributed by atoms with Gasteiger partial charge >= 0.3 is 12.4 Å². The fourth-order valence-corrected chi connectivity index (χ4v) is 5.54. The number of piperidine rings is 1. The number of hydrogen-bond donors (Lipinski definition) is 0. The number of ether oxygens (including phenoxy) is 1. The third kappa shape index (κ3) is 7.28. The molecule has 0 bridgehead atoms. The third-order valence-corrected chi connectivity index (χ3v) is 7.85. The number of piperazine rings is 1. The lowest BCUT2D eigenvalue weighted by Gasteiger charge is -2.39. The minimum absolute atomic E-state index is 0.0277. The van der Waals surface area contributed by atoms with Crippen LogP contribution in [-0.4, -0.2) is 95.9 Å². The maximum atomic E-state index is 13.4. The lowest BCUT2D eigenvalue weighted by atomic mass is 9.90. The number of allylic oxidation sites excluding steroid dienone is 4. The number of alkyl halides is 6. The number of amides is 1. The summed E-state index contributed by atoms with van der Waals surface area (Å²) in [6, 6.07) is 1.07. The van der Waals surface area contributed by atoms with Crippen LogP contribution in [0.1, 0.15) is 25.7 Å². The van der Waals surface area contributed by atoms with Crippen LogP contribution in [0.3, 0.4) is 0 Å². The number of nitrogens with zero attached hydrogens (tertiary/aromatic N) is 5. The van der Waals surface area contributed by atoms with Gasteiger partial charge in [0.15, 0.2) is 0 Å². The molecule has 2 saturated heterocycles. The number of nitro groups is 1.